The second-order valence-electron chi connectivity index (χ2n) is 14.9. The van der Waals surface area contributed by atoms with Crippen LogP contribution in [0.1, 0.15) is 51.9 Å². The van der Waals surface area contributed by atoms with Gasteiger partial charge in [0.05, 0.1) is 11.1 Å². The minimum absolute atomic E-state index is 0.333. The summed E-state index contributed by atoms with van der Waals surface area (Å²) in [7, 11) is 0. The van der Waals surface area contributed by atoms with E-state index in [0.717, 1.165) is 28.0 Å². The Balaban J connectivity index is 1.08. The molecule has 3 aliphatic rings. The van der Waals surface area contributed by atoms with Crippen molar-refractivity contribution in [3.8, 4) is 33.4 Å². The predicted octanol–water partition coefficient (Wildman–Crippen LogP) is 14.6. The highest BCUT2D eigenvalue weighted by molar-refractivity contribution is 7.99. The molecule has 11 rings (SSSR count). The molecule has 3 heteroatoms. The molecule has 1 unspecified atom stereocenters. The van der Waals surface area contributed by atoms with Gasteiger partial charge in [-0.25, -0.2) is 0 Å². The molecule has 0 saturated carbocycles. The standard InChI is InChI=1S/C53H36N2S/c1-3-48(40-30-31-43-37-19-8-7-18-36(37)41-21-15-22-42(40)51(41)43)54-55-52(34-16-5-4-6-17-34)33(2)35-28-29-39-38-20-9-10-23-44(38)53(47(39)32-35)45-24-11-13-26-49(45)56-50-27-14-12-25-46(50)53/h3-32,48H,1H2,2H3/b52-33+,55-54?. The van der Waals surface area contributed by atoms with Crippen LogP contribution in [0.4, 0.5) is 0 Å². The van der Waals surface area contributed by atoms with Crippen molar-refractivity contribution in [3.63, 3.8) is 0 Å². The summed E-state index contributed by atoms with van der Waals surface area (Å²) >= 11 is 1.87. The first kappa shape index (κ1) is 32.8. The van der Waals surface area contributed by atoms with Crippen molar-refractivity contribution in [2.45, 2.75) is 28.2 Å². The van der Waals surface area contributed by atoms with Crippen molar-refractivity contribution in [2.24, 2.45) is 10.2 Å². The van der Waals surface area contributed by atoms with Gasteiger partial charge in [0, 0.05) is 15.4 Å². The van der Waals surface area contributed by atoms with E-state index in [1.54, 1.807) is 0 Å². The van der Waals surface area contributed by atoms with Crippen molar-refractivity contribution in [3.05, 3.63) is 228 Å². The Morgan fingerprint density at radius 3 is 1.82 bits per heavy atom. The average molecular weight is 733 g/mol. The van der Waals surface area contributed by atoms with E-state index in [4.69, 9.17) is 10.2 Å². The third kappa shape index (κ3) is 4.65. The van der Waals surface area contributed by atoms with Gasteiger partial charge in [0.1, 0.15) is 6.04 Å². The summed E-state index contributed by atoms with van der Waals surface area (Å²) in [5.41, 5.74) is 17.7. The van der Waals surface area contributed by atoms with Gasteiger partial charge in [0.2, 0.25) is 0 Å². The van der Waals surface area contributed by atoms with Crippen molar-refractivity contribution in [1.29, 1.82) is 0 Å². The summed E-state index contributed by atoms with van der Waals surface area (Å²) in [4.78, 5) is 2.60. The number of hydrogen-bond donors (Lipinski definition) is 0. The van der Waals surface area contributed by atoms with Crippen LogP contribution >= 0.6 is 11.8 Å². The van der Waals surface area contributed by atoms with Gasteiger partial charge in [0.15, 0.2) is 0 Å². The second kappa shape index (κ2) is 12.8. The second-order valence-corrected chi connectivity index (χ2v) is 15.9. The highest BCUT2D eigenvalue weighted by Crippen LogP contribution is 2.62. The molecule has 56 heavy (non-hydrogen) atoms. The summed E-state index contributed by atoms with van der Waals surface area (Å²) in [5.74, 6) is 0. The molecular weight excluding hydrogens is 697 g/mol. The molecule has 1 heterocycles. The van der Waals surface area contributed by atoms with Gasteiger partial charge >= 0.3 is 0 Å². The zero-order valence-electron chi connectivity index (χ0n) is 30.9. The fourth-order valence-electron chi connectivity index (χ4n) is 9.61. The number of allylic oxidation sites excluding steroid dienone is 1. The maximum absolute atomic E-state index is 5.16. The molecular formula is C53H36N2S. The number of fused-ring (bicyclic) bond motifs is 12. The number of rotatable bonds is 6. The molecule has 0 N–H and O–H groups in total. The molecule has 0 aromatic heterocycles. The first-order chi connectivity index (χ1) is 27.7. The summed E-state index contributed by atoms with van der Waals surface area (Å²) in [6.45, 7) is 6.46. The Labute approximate surface area is 331 Å². The number of nitrogens with zero attached hydrogens (tertiary/aromatic N) is 2. The molecule has 1 aliphatic heterocycles. The fraction of sp³-hybridized carbons (Fsp3) is 0.0566. The van der Waals surface area contributed by atoms with Crippen LogP contribution in [0.3, 0.4) is 0 Å². The molecule has 1 spiro atoms. The molecule has 8 aromatic rings. The van der Waals surface area contributed by atoms with E-state index in [0.29, 0.717) is 0 Å². The molecule has 264 valence electrons. The predicted molar refractivity (Wildman–Crippen MR) is 233 cm³/mol. The molecule has 0 bridgehead atoms. The molecule has 8 aromatic carbocycles. The topological polar surface area (TPSA) is 24.7 Å². The quantitative estimate of drug-likeness (QED) is 0.0949. The minimum Gasteiger partial charge on any atom is -0.176 e. The first-order valence-electron chi connectivity index (χ1n) is 19.2. The Bertz CT molecular complexity index is 2910. The van der Waals surface area contributed by atoms with E-state index >= 15 is 0 Å². The van der Waals surface area contributed by atoms with E-state index in [-0.39, 0.29) is 6.04 Å². The van der Waals surface area contributed by atoms with Crippen molar-refractivity contribution in [1.82, 2.24) is 0 Å². The lowest BCUT2D eigenvalue weighted by atomic mass is 9.67. The SMILES string of the molecule is C=CC(N=N/C(=C(\C)c1ccc2c(c1)C1(c3ccccc3Sc3ccccc31)c1ccccc1-2)c1ccccc1)c1ccc2c3c(cccc13)-c1ccccc1-2. The smallest absolute Gasteiger partial charge is 0.115 e. The number of benzene rings is 8. The normalized spacial score (nSPS) is 14.8. The van der Waals surface area contributed by atoms with E-state index in [1.165, 1.54) is 76.2 Å². The number of hydrogen-bond acceptors (Lipinski definition) is 3. The van der Waals surface area contributed by atoms with Gasteiger partial charge in [-0.15, -0.1) is 6.58 Å². The molecule has 0 radical (unpaired) electrons. The van der Waals surface area contributed by atoms with Crippen molar-refractivity contribution < 1.29 is 0 Å². The van der Waals surface area contributed by atoms with Crippen LogP contribution in [-0.4, -0.2) is 0 Å². The van der Waals surface area contributed by atoms with Crippen LogP contribution in [0.15, 0.2) is 209 Å². The maximum Gasteiger partial charge on any atom is 0.115 e. The van der Waals surface area contributed by atoms with Crippen LogP contribution in [0, 0.1) is 0 Å². The van der Waals surface area contributed by atoms with E-state index in [2.05, 4.69) is 189 Å². The molecule has 2 nitrogen and oxygen atoms in total. The zero-order valence-corrected chi connectivity index (χ0v) is 31.7. The van der Waals surface area contributed by atoms with Gasteiger partial charge < -0.3 is 0 Å². The molecule has 2 aliphatic carbocycles. The number of azo groups is 1. The third-order valence-electron chi connectivity index (χ3n) is 12.1. The molecule has 0 fully saturated rings. The lowest BCUT2D eigenvalue weighted by molar-refractivity contribution is 0.722. The van der Waals surface area contributed by atoms with E-state index in [9.17, 15) is 0 Å². The largest absolute Gasteiger partial charge is 0.176 e. The van der Waals surface area contributed by atoms with E-state index in [1.807, 2.05) is 17.8 Å². The lowest BCUT2D eigenvalue weighted by Gasteiger charge is -2.39. The summed E-state index contributed by atoms with van der Waals surface area (Å²) in [6, 6.07) is 63.8. The molecule has 0 saturated heterocycles. The minimum atomic E-state index is -0.446. The lowest BCUT2D eigenvalue weighted by Crippen LogP contribution is -2.32. The zero-order chi connectivity index (χ0) is 37.4. The van der Waals surface area contributed by atoms with Crippen LogP contribution < -0.4 is 0 Å². The van der Waals surface area contributed by atoms with Gasteiger partial charge in [-0.2, -0.15) is 10.2 Å². The Morgan fingerprint density at radius 1 is 0.536 bits per heavy atom. The monoisotopic (exact) mass is 732 g/mol. The Morgan fingerprint density at radius 2 is 1.11 bits per heavy atom. The van der Waals surface area contributed by atoms with Crippen LogP contribution in [0.25, 0.3) is 55.4 Å². The molecule has 0 amide bonds. The van der Waals surface area contributed by atoms with Gasteiger partial charge in [0.25, 0.3) is 0 Å². The summed E-state index contributed by atoms with van der Waals surface area (Å²) in [6.07, 6.45) is 1.92. The Kier molecular flexibility index (Phi) is 7.49. The van der Waals surface area contributed by atoms with Gasteiger partial charge in [-0.05, 0) is 108 Å². The van der Waals surface area contributed by atoms with Gasteiger partial charge in [-0.1, -0.05) is 176 Å². The third-order valence-corrected chi connectivity index (χ3v) is 13.2. The highest BCUT2D eigenvalue weighted by Gasteiger charge is 2.50. The average Bonchev–Trinajstić information content (AvgIpc) is 3.74. The van der Waals surface area contributed by atoms with Crippen molar-refractivity contribution in [2.75, 3.05) is 0 Å². The van der Waals surface area contributed by atoms with Crippen LogP contribution in [-0.2, 0) is 5.41 Å². The first-order valence-corrected chi connectivity index (χ1v) is 20.0. The van der Waals surface area contributed by atoms with Gasteiger partial charge in [-0.3, -0.25) is 0 Å². The van der Waals surface area contributed by atoms with Crippen molar-refractivity contribution >= 4 is 33.8 Å². The highest BCUT2D eigenvalue weighted by atomic mass is 32.2. The maximum atomic E-state index is 5.16. The summed E-state index contributed by atoms with van der Waals surface area (Å²) in [5, 5.41) is 12.7. The fourth-order valence-corrected chi connectivity index (χ4v) is 10.8. The van der Waals surface area contributed by atoms with Crippen LogP contribution in [0.5, 0.6) is 0 Å². The molecule has 1 atom stereocenters. The van der Waals surface area contributed by atoms with E-state index < -0.39 is 5.41 Å². The van der Waals surface area contributed by atoms with Crippen LogP contribution in [0.2, 0.25) is 0 Å². The summed E-state index contributed by atoms with van der Waals surface area (Å²) < 4.78 is 0. The Hall–Kier alpha value is -6.55.